The maximum absolute atomic E-state index is 2.37. The summed E-state index contributed by atoms with van der Waals surface area (Å²) in [6, 6.07) is 105. The van der Waals surface area contributed by atoms with Gasteiger partial charge in [0.1, 0.15) is 0 Å². The summed E-state index contributed by atoms with van der Waals surface area (Å²) < 4.78 is 0. The van der Waals surface area contributed by atoms with Crippen molar-refractivity contribution < 1.29 is 0 Å². The maximum Gasteiger partial charge on any atom is 0.0468 e. The Labute approximate surface area is 400 Å². The van der Waals surface area contributed by atoms with Crippen molar-refractivity contribution in [2.75, 3.05) is 9.80 Å². The minimum atomic E-state index is 1.08. The van der Waals surface area contributed by atoms with Crippen LogP contribution in [0.3, 0.4) is 0 Å². The van der Waals surface area contributed by atoms with Crippen molar-refractivity contribution in [2.45, 2.75) is 0 Å². The lowest BCUT2D eigenvalue weighted by atomic mass is 9.93. The molecule has 0 saturated heterocycles. The number of benzene rings is 11. The molecule has 0 atom stereocenters. The molecule has 0 N–H and O–H groups in total. The summed E-state index contributed by atoms with van der Waals surface area (Å²) in [4.78, 5) is 4.71. The number of hydrogen-bond donors (Lipinski definition) is 0. The van der Waals surface area contributed by atoms with Crippen molar-refractivity contribution in [3.63, 3.8) is 0 Å². The normalized spacial score (nSPS) is 10.9. The Balaban J connectivity index is 0.984. The molecule has 0 aromatic heterocycles. The minimum absolute atomic E-state index is 1.08. The van der Waals surface area contributed by atoms with E-state index >= 15 is 0 Å². The average Bonchev–Trinajstić information content (AvgIpc) is 3.43. The molecule has 0 radical (unpaired) electrons. The van der Waals surface area contributed by atoms with Gasteiger partial charge in [0, 0.05) is 34.1 Å². The van der Waals surface area contributed by atoms with E-state index in [9.17, 15) is 0 Å². The summed E-state index contributed by atoms with van der Waals surface area (Å²) in [7, 11) is 0. The molecule has 11 aromatic rings. The molecule has 0 heterocycles. The molecule has 0 saturated carbocycles. The van der Waals surface area contributed by atoms with Crippen molar-refractivity contribution in [1.29, 1.82) is 0 Å². The summed E-state index contributed by atoms with van der Waals surface area (Å²) in [5.41, 5.74) is 20.7. The fourth-order valence-corrected chi connectivity index (χ4v) is 9.20. The number of nitrogens with zero attached hydrogens (tertiary/aromatic N) is 2. The van der Waals surface area contributed by atoms with E-state index < -0.39 is 0 Å². The van der Waals surface area contributed by atoms with Gasteiger partial charge in [-0.3, -0.25) is 0 Å². The Morgan fingerprint density at radius 2 is 0.353 bits per heavy atom. The molecule has 0 fully saturated rings. The first kappa shape index (κ1) is 41.7. The molecule has 0 bridgehead atoms. The molecule has 0 aliphatic carbocycles. The molecule has 322 valence electrons. The lowest BCUT2D eigenvalue weighted by Gasteiger charge is -2.28. The maximum atomic E-state index is 2.37. The lowest BCUT2D eigenvalue weighted by Crippen LogP contribution is -2.10. The van der Waals surface area contributed by atoms with Crippen LogP contribution in [-0.4, -0.2) is 0 Å². The summed E-state index contributed by atoms with van der Waals surface area (Å²) in [5.74, 6) is 0. The smallest absolute Gasteiger partial charge is 0.0468 e. The highest BCUT2D eigenvalue weighted by molar-refractivity contribution is 5.90. The van der Waals surface area contributed by atoms with Gasteiger partial charge in [-0.15, -0.1) is 0 Å². The van der Waals surface area contributed by atoms with Crippen LogP contribution in [0.4, 0.5) is 34.1 Å². The van der Waals surface area contributed by atoms with Crippen molar-refractivity contribution >= 4 is 34.1 Å². The zero-order chi connectivity index (χ0) is 45.5. The van der Waals surface area contributed by atoms with Gasteiger partial charge in [-0.2, -0.15) is 0 Å². The summed E-state index contributed by atoms with van der Waals surface area (Å²) >= 11 is 0. The summed E-state index contributed by atoms with van der Waals surface area (Å²) in [6.07, 6.45) is 0. The molecule has 68 heavy (non-hydrogen) atoms. The zero-order valence-corrected chi connectivity index (χ0v) is 37.6. The number of rotatable bonds is 12. The average molecular weight is 869 g/mol. The second-order valence-electron chi connectivity index (χ2n) is 17.0. The van der Waals surface area contributed by atoms with Crippen LogP contribution in [0.25, 0.3) is 66.8 Å². The molecule has 2 nitrogen and oxygen atoms in total. The van der Waals surface area contributed by atoms with Gasteiger partial charge in [0.05, 0.1) is 0 Å². The first-order valence-corrected chi connectivity index (χ1v) is 23.2. The Bertz CT molecular complexity index is 3190. The van der Waals surface area contributed by atoms with E-state index in [2.05, 4.69) is 301 Å². The Kier molecular flexibility index (Phi) is 11.8. The molecule has 0 aliphatic rings. The standard InChI is InChI=1S/C66H48N2/c1-6-16-49(17-7-1)53-26-36-59(37-27-53)67(60-38-28-54(29-39-60)50-18-8-2-9-19-50)61-44-34-58(35-45-61)65-47-46-64(48-66(65)57-24-14-5-15-25-57)68(62-40-30-55(31-41-62)51-20-10-3-11-21-51)63-42-32-56(33-43-63)52-22-12-4-13-23-52/h1-48H. The van der Waals surface area contributed by atoms with E-state index in [1.165, 1.54) is 44.5 Å². The van der Waals surface area contributed by atoms with Crippen LogP contribution in [0.15, 0.2) is 291 Å². The predicted molar refractivity (Wildman–Crippen MR) is 288 cm³/mol. The van der Waals surface area contributed by atoms with E-state index in [0.29, 0.717) is 0 Å². The highest BCUT2D eigenvalue weighted by Crippen LogP contribution is 2.43. The van der Waals surface area contributed by atoms with Gasteiger partial charge in [-0.05, 0) is 140 Å². The van der Waals surface area contributed by atoms with Crippen LogP contribution in [0.1, 0.15) is 0 Å². The topological polar surface area (TPSA) is 6.48 Å². The molecule has 0 spiro atoms. The SMILES string of the molecule is c1ccc(-c2ccc(N(c3ccc(-c4ccccc4)cc3)c3ccc(-c4ccc(N(c5ccc(-c6ccccc6)cc5)c5ccc(-c6ccccc6)cc5)cc4-c4ccccc4)cc3)cc2)cc1. The first-order valence-electron chi connectivity index (χ1n) is 23.2. The second kappa shape index (κ2) is 19.2. The molecule has 2 heteroatoms. The fourth-order valence-electron chi connectivity index (χ4n) is 9.20. The van der Waals surface area contributed by atoms with E-state index in [1.54, 1.807) is 0 Å². The van der Waals surface area contributed by atoms with Crippen molar-refractivity contribution in [1.82, 2.24) is 0 Å². The van der Waals surface area contributed by atoms with Crippen molar-refractivity contribution in [3.05, 3.63) is 291 Å². The third-order valence-corrected chi connectivity index (χ3v) is 12.7. The van der Waals surface area contributed by atoms with Crippen molar-refractivity contribution in [3.8, 4) is 66.8 Å². The monoisotopic (exact) mass is 868 g/mol. The zero-order valence-electron chi connectivity index (χ0n) is 37.6. The molecule has 0 unspecified atom stereocenters. The summed E-state index contributed by atoms with van der Waals surface area (Å²) in [6.45, 7) is 0. The van der Waals surface area contributed by atoms with Gasteiger partial charge < -0.3 is 9.80 Å². The largest absolute Gasteiger partial charge is 0.311 e. The van der Waals surface area contributed by atoms with E-state index in [-0.39, 0.29) is 0 Å². The van der Waals surface area contributed by atoms with Crippen molar-refractivity contribution in [2.24, 2.45) is 0 Å². The fraction of sp³-hybridized carbons (Fsp3) is 0. The van der Waals surface area contributed by atoms with Gasteiger partial charge in [0.25, 0.3) is 0 Å². The molecular formula is C66H48N2. The van der Waals surface area contributed by atoms with Crippen LogP contribution < -0.4 is 9.80 Å². The van der Waals surface area contributed by atoms with Gasteiger partial charge in [0.2, 0.25) is 0 Å². The quantitative estimate of drug-likeness (QED) is 0.121. The Morgan fingerprint density at radius 1 is 0.147 bits per heavy atom. The van der Waals surface area contributed by atoms with Gasteiger partial charge >= 0.3 is 0 Å². The first-order chi connectivity index (χ1) is 33.7. The molecule has 0 amide bonds. The molecule has 11 aromatic carbocycles. The third-order valence-electron chi connectivity index (χ3n) is 12.7. The van der Waals surface area contributed by atoms with E-state index in [1.807, 2.05) is 0 Å². The summed E-state index contributed by atoms with van der Waals surface area (Å²) in [5, 5.41) is 0. The molecular weight excluding hydrogens is 821 g/mol. The van der Waals surface area contributed by atoms with E-state index in [0.717, 1.165) is 56.4 Å². The Morgan fingerprint density at radius 3 is 0.647 bits per heavy atom. The molecule has 11 rings (SSSR count). The van der Waals surface area contributed by atoms with Gasteiger partial charge in [-0.1, -0.05) is 218 Å². The predicted octanol–water partition coefficient (Wildman–Crippen LogP) is 18.6. The van der Waals surface area contributed by atoms with Crippen LogP contribution in [0, 0.1) is 0 Å². The highest BCUT2D eigenvalue weighted by atomic mass is 15.1. The number of anilines is 6. The molecule has 0 aliphatic heterocycles. The number of hydrogen-bond acceptors (Lipinski definition) is 2. The van der Waals surface area contributed by atoms with Crippen LogP contribution in [0.5, 0.6) is 0 Å². The van der Waals surface area contributed by atoms with Crippen LogP contribution in [-0.2, 0) is 0 Å². The van der Waals surface area contributed by atoms with Crippen LogP contribution in [0.2, 0.25) is 0 Å². The van der Waals surface area contributed by atoms with Gasteiger partial charge in [0.15, 0.2) is 0 Å². The van der Waals surface area contributed by atoms with E-state index in [4.69, 9.17) is 0 Å². The van der Waals surface area contributed by atoms with Crippen LogP contribution >= 0.6 is 0 Å². The second-order valence-corrected chi connectivity index (χ2v) is 17.0. The highest BCUT2D eigenvalue weighted by Gasteiger charge is 2.19. The minimum Gasteiger partial charge on any atom is -0.311 e. The third kappa shape index (κ3) is 8.87. The van der Waals surface area contributed by atoms with Gasteiger partial charge in [-0.25, -0.2) is 0 Å². The Hall–Kier alpha value is -8.98. The lowest BCUT2D eigenvalue weighted by molar-refractivity contribution is 1.28.